The number of nitrogens with zero attached hydrogens (tertiary/aromatic N) is 2. The molecule has 0 N–H and O–H groups in total. The van der Waals surface area contributed by atoms with Gasteiger partial charge in [0, 0.05) is 11.1 Å². The predicted molar refractivity (Wildman–Crippen MR) is 74.0 cm³/mol. The second-order valence-electron chi connectivity index (χ2n) is 3.97. The van der Waals surface area contributed by atoms with Gasteiger partial charge in [-0.25, -0.2) is 0 Å². The van der Waals surface area contributed by atoms with E-state index in [2.05, 4.69) is 0 Å². The van der Waals surface area contributed by atoms with E-state index in [-0.39, 0.29) is 5.57 Å². The largest absolute Gasteiger partial charge is 0.298 e. The van der Waals surface area contributed by atoms with E-state index in [1.807, 2.05) is 32.1 Å². The lowest BCUT2D eigenvalue weighted by Gasteiger charge is -2.11. The van der Waals surface area contributed by atoms with Crippen molar-refractivity contribution in [3.8, 4) is 12.1 Å². The molecule has 0 bridgehead atoms. The molecule has 1 aromatic carbocycles. The summed E-state index contributed by atoms with van der Waals surface area (Å²) in [6, 6.07) is 10.8. The Labute approximate surface area is 113 Å². The molecule has 94 valence electrons. The fraction of sp³-hybridized carbons (Fsp3) is 0.188. The van der Waals surface area contributed by atoms with Crippen LogP contribution in [0.25, 0.3) is 5.57 Å². The summed E-state index contributed by atoms with van der Waals surface area (Å²) in [6.45, 7) is 3.82. The van der Waals surface area contributed by atoms with Crippen molar-refractivity contribution in [2.24, 2.45) is 0 Å². The van der Waals surface area contributed by atoms with Gasteiger partial charge in [0.05, 0.1) is 0 Å². The first-order valence-corrected chi connectivity index (χ1v) is 5.95. The first-order chi connectivity index (χ1) is 9.19. The number of benzene rings is 1. The van der Waals surface area contributed by atoms with Crippen molar-refractivity contribution in [1.29, 1.82) is 10.5 Å². The molecule has 0 amide bonds. The standard InChI is InChI=1S/C16H14N2O/c1-3-6-12(2)16(14(9-17)10-18)15-8-5-4-7-13(15)11-19/h4-8,11H,3H2,1-2H3/b12-6+. The Hall–Kier alpha value is -2.65. The number of allylic oxidation sites excluding steroid dienone is 4. The molecule has 0 fully saturated rings. The summed E-state index contributed by atoms with van der Waals surface area (Å²) in [5.74, 6) is 0. The Kier molecular flexibility index (Phi) is 5.26. The van der Waals surface area contributed by atoms with E-state index in [9.17, 15) is 4.79 Å². The molecular formula is C16H14N2O. The van der Waals surface area contributed by atoms with Gasteiger partial charge in [0.15, 0.2) is 6.29 Å². The zero-order valence-electron chi connectivity index (χ0n) is 11.0. The van der Waals surface area contributed by atoms with E-state index in [4.69, 9.17) is 10.5 Å². The zero-order valence-corrected chi connectivity index (χ0v) is 11.0. The van der Waals surface area contributed by atoms with E-state index in [0.29, 0.717) is 16.7 Å². The van der Waals surface area contributed by atoms with Crippen molar-refractivity contribution in [2.45, 2.75) is 20.3 Å². The van der Waals surface area contributed by atoms with Crippen LogP contribution in [0.5, 0.6) is 0 Å². The minimum atomic E-state index is 0.0245. The maximum absolute atomic E-state index is 11.1. The summed E-state index contributed by atoms with van der Waals surface area (Å²) in [5.41, 5.74) is 2.49. The summed E-state index contributed by atoms with van der Waals surface area (Å²) in [7, 11) is 0. The molecule has 3 heteroatoms. The minimum Gasteiger partial charge on any atom is -0.298 e. The van der Waals surface area contributed by atoms with Crippen molar-refractivity contribution in [3.63, 3.8) is 0 Å². The first-order valence-electron chi connectivity index (χ1n) is 5.95. The molecule has 0 aliphatic rings. The summed E-state index contributed by atoms with van der Waals surface area (Å²) in [6.07, 6.45) is 3.47. The van der Waals surface area contributed by atoms with Gasteiger partial charge in [0.1, 0.15) is 17.7 Å². The molecule has 0 radical (unpaired) electrons. The molecule has 0 saturated heterocycles. The lowest BCUT2D eigenvalue weighted by Crippen LogP contribution is -1.97. The molecule has 0 atom stereocenters. The van der Waals surface area contributed by atoms with E-state index in [1.165, 1.54) is 0 Å². The van der Waals surface area contributed by atoms with Crippen molar-refractivity contribution >= 4 is 11.9 Å². The highest BCUT2D eigenvalue weighted by Crippen LogP contribution is 2.28. The minimum absolute atomic E-state index is 0.0245. The van der Waals surface area contributed by atoms with E-state index in [1.54, 1.807) is 24.3 Å². The number of carbonyl (C=O) groups excluding carboxylic acids is 1. The second-order valence-corrected chi connectivity index (χ2v) is 3.97. The van der Waals surface area contributed by atoms with Crippen molar-refractivity contribution in [1.82, 2.24) is 0 Å². The topological polar surface area (TPSA) is 64.7 Å². The summed E-state index contributed by atoms with van der Waals surface area (Å²) < 4.78 is 0. The number of hydrogen-bond donors (Lipinski definition) is 0. The van der Waals surface area contributed by atoms with Crippen molar-refractivity contribution in [3.05, 3.63) is 52.6 Å². The second kappa shape index (κ2) is 6.93. The monoisotopic (exact) mass is 250 g/mol. The van der Waals surface area contributed by atoms with Crippen LogP contribution < -0.4 is 0 Å². The third-order valence-corrected chi connectivity index (χ3v) is 2.74. The van der Waals surface area contributed by atoms with Crippen LogP contribution >= 0.6 is 0 Å². The molecule has 0 saturated carbocycles. The Balaban J connectivity index is 3.65. The Morgan fingerprint density at radius 1 is 1.26 bits per heavy atom. The lowest BCUT2D eigenvalue weighted by atomic mass is 9.91. The van der Waals surface area contributed by atoms with E-state index in [0.717, 1.165) is 18.3 Å². The third kappa shape index (κ3) is 3.18. The number of aldehydes is 1. The van der Waals surface area contributed by atoms with Gasteiger partial charge in [-0.1, -0.05) is 37.3 Å². The van der Waals surface area contributed by atoms with Gasteiger partial charge in [-0.05, 0) is 24.5 Å². The first kappa shape index (κ1) is 14.4. The average molecular weight is 250 g/mol. The Morgan fingerprint density at radius 3 is 2.42 bits per heavy atom. The number of rotatable bonds is 4. The maximum atomic E-state index is 11.1. The molecular weight excluding hydrogens is 236 g/mol. The van der Waals surface area contributed by atoms with E-state index >= 15 is 0 Å². The lowest BCUT2D eigenvalue weighted by molar-refractivity contribution is 0.112. The Morgan fingerprint density at radius 2 is 1.89 bits per heavy atom. The Bertz CT molecular complexity index is 609. The van der Waals surface area contributed by atoms with Gasteiger partial charge < -0.3 is 0 Å². The van der Waals surface area contributed by atoms with Crippen molar-refractivity contribution in [2.75, 3.05) is 0 Å². The molecule has 3 nitrogen and oxygen atoms in total. The fourth-order valence-corrected chi connectivity index (χ4v) is 1.92. The summed E-state index contributed by atoms with van der Waals surface area (Å²) in [4.78, 5) is 11.1. The SMILES string of the molecule is CC/C=C(\C)C(=C(C#N)C#N)c1ccccc1C=O. The molecule has 0 aromatic heterocycles. The smallest absolute Gasteiger partial charge is 0.150 e. The van der Waals surface area contributed by atoms with Crippen LogP contribution in [0.4, 0.5) is 0 Å². The van der Waals surface area contributed by atoms with Gasteiger partial charge in [-0.2, -0.15) is 10.5 Å². The summed E-state index contributed by atoms with van der Waals surface area (Å²) >= 11 is 0. The third-order valence-electron chi connectivity index (χ3n) is 2.74. The van der Waals surface area contributed by atoms with Crippen molar-refractivity contribution < 1.29 is 4.79 Å². The average Bonchev–Trinajstić information content (AvgIpc) is 2.44. The molecule has 19 heavy (non-hydrogen) atoms. The molecule has 0 aliphatic carbocycles. The predicted octanol–water partition coefficient (Wildman–Crippen LogP) is 3.66. The highest BCUT2D eigenvalue weighted by Gasteiger charge is 2.14. The van der Waals surface area contributed by atoms with Crippen LogP contribution in [-0.2, 0) is 0 Å². The summed E-state index contributed by atoms with van der Waals surface area (Å²) in [5, 5.41) is 18.2. The normalized spacial score (nSPS) is 10.2. The van der Waals surface area contributed by atoms with Crippen LogP contribution in [-0.4, -0.2) is 6.29 Å². The van der Waals surface area contributed by atoms with Gasteiger partial charge in [0.25, 0.3) is 0 Å². The van der Waals surface area contributed by atoms with Crippen LogP contribution in [0.15, 0.2) is 41.5 Å². The number of carbonyl (C=O) groups is 1. The van der Waals surface area contributed by atoms with Crippen LogP contribution in [0.1, 0.15) is 36.2 Å². The van der Waals surface area contributed by atoms with Gasteiger partial charge in [-0.15, -0.1) is 0 Å². The van der Waals surface area contributed by atoms with E-state index < -0.39 is 0 Å². The number of nitriles is 2. The van der Waals surface area contributed by atoms with Crippen LogP contribution in [0.3, 0.4) is 0 Å². The fourth-order valence-electron chi connectivity index (χ4n) is 1.92. The highest BCUT2D eigenvalue weighted by atomic mass is 16.1. The highest BCUT2D eigenvalue weighted by molar-refractivity contribution is 5.93. The quantitative estimate of drug-likeness (QED) is 0.465. The zero-order chi connectivity index (χ0) is 14.3. The molecule has 0 aliphatic heterocycles. The molecule has 0 heterocycles. The van der Waals surface area contributed by atoms with Crippen LogP contribution in [0.2, 0.25) is 0 Å². The molecule has 0 unspecified atom stereocenters. The molecule has 0 spiro atoms. The van der Waals surface area contributed by atoms with Gasteiger partial charge in [0.2, 0.25) is 0 Å². The molecule has 1 aromatic rings. The van der Waals surface area contributed by atoms with Gasteiger partial charge >= 0.3 is 0 Å². The van der Waals surface area contributed by atoms with Crippen LogP contribution in [0, 0.1) is 22.7 Å². The van der Waals surface area contributed by atoms with Gasteiger partial charge in [-0.3, -0.25) is 4.79 Å². The number of hydrogen-bond acceptors (Lipinski definition) is 3. The maximum Gasteiger partial charge on any atom is 0.150 e. The molecule has 1 rings (SSSR count).